The van der Waals surface area contributed by atoms with Crippen molar-refractivity contribution in [2.75, 3.05) is 6.54 Å². The molecule has 3 aromatic rings. The molecule has 134 valence electrons. The Hall–Kier alpha value is -2.95. The van der Waals surface area contributed by atoms with Gasteiger partial charge in [0.05, 0.1) is 11.0 Å². The average molecular weight is 349 g/mol. The normalized spacial score (nSPS) is 10.8. The van der Waals surface area contributed by atoms with Crippen molar-refractivity contribution in [1.29, 1.82) is 0 Å². The van der Waals surface area contributed by atoms with Gasteiger partial charge < -0.3 is 10.3 Å². The number of carbonyl (C=O) groups is 1. The maximum absolute atomic E-state index is 12.0. The van der Waals surface area contributed by atoms with Gasteiger partial charge in [-0.3, -0.25) is 9.59 Å². The zero-order valence-electron chi connectivity index (χ0n) is 14.9. The molecule has 2 N–H and O–H groups in total. The molecule has 0 bridgehead atoms. The molecule has 0 saturated carbocycles. The van der Waals surface area contributed by atoms with Crippen LogP contribution in [0.2, 0.25) is 0 Å². The molecule has 0 aliphatic rings. The van der Waals surface area contributed by atoms with Gasteiger partial charge in [0, 0.05) is 19.4 Å². The van der Waals surface area contributed by atoms with Crippen LogP contribution in [0.3, 0.4) is 0 Å². The monoisotopic (exact) mass is 349 g/mol. The summed E-state index contributed by atoms with van der Waals surface area (Å²) in [4.78, 5) is 31.2. The number of hydrogen-bond donors (Lipinski definition) is 2. The van der Waals surface area contributed by atoms with Crippen molar-refractivity contribution in [3.63, 3.8) is 0 Å². The van der Waals surface area contributed by atoms with Crippen molar-refractivity contribution < 1.29 is 4.79 Å². The number of aromatic amines is 1. The van der Waals surface area contributed by atoms with Crippen LogP contribution in [0.1, 0.15) is 29.7 Å². The van der Waals surface area contributed by atoms with Gasteiger partial charge in [0.15, 0.2) is 0 Å². The Kier molecular flexibility index (Phi) is 5.79. The lowest BCUT2D eigenvalue weighted by Gasteiger charge is -2.06. The Labute approximate surface area is 152 Å². The highest BCUT2D eigenvalue weighted by molar-refractivity contribution is 5.76. The number of nitrogens with zero attached hydrogens (tertiary/aromatic N) is 1. The second-order valence-electron chi connectivity index (χ2n) is 6.47. The predicted molar refractivity (Wildman–Crippen MR) is 103 cm³/mol. The van der Waals surface area contributed by atoms with E-state index in [1.165, 1.54) is 11.1 Å². The Morgan fingerprint density at radius 3 is 2.81 bits per heavy atom. The van der Waals surface area contributed by atoms with E-state index in [1.807, 2.05) is 24.3 Å². The lowest BCUT2D eigenvalue weighted by atomic mass is 10.1. The minimum Gasteiger partial charge on any atom is -0.356 e. The topological polar surface area (TPSA) is 74.8 Å². The van der Waals surface area contributed by atoms with E-state index in [0.29, 0.717) is 24.2 Å². The maximum Gasteiger partial charge on any atom is 0.270 e. The van der Waals surface area contributed by atoms with Gasteiger partial charge in [-0.2, -0.15) is 0 Å². The minimum atomic E-state index is -0.226. The lowest BCUT2D eigenvalue weighted by Crippen LogP contribution is -2.26. The third kappa shape index (κ3) is 4.79. The van der Waals surface area contributed by atoms with E-state index in [0.717, 1.165) is 18.4 Å². The summed E-state index contributed by atoms with van der Waals surface area (Å²) in [5, 5.41) is 2.92. The Morgan fingerprint density at radius 2 is 1.96 bits per heavy atom. The summed E-state index contributed by atoms with van der Waals surface area (Å²) >= 11 is 0. The summed E-state index contributed by atoms with van der Waals surface area (Å²) < 4.78 is 0. The third-order valence-corrected chi connectivity index (χ3v) is 4.31. The molecule has 0 spiro atoms. The molecule has 3 rings (SSSR count). The number of aryl methyl sites for hydroxylation is 3. The van der Waals surface area contributed by atoms with Crippen molar-refractivity contribution in [2.24, 2.45) is 0 Å². The number of aromatic nitrogens is 2. The molecule has 26 heavy (non-hydrogen) atoms. The summed E-state index contributed by atoms with van der Waals surface area (Å²) in [6.07, 6.45) is 2.43. The second kappa shape index (κ2) is 8.43. The highest BCUT2D eigenvalue weighted by atomic mass is 16.1. The molecule has 1 heterocycles. The van der Waals surface area contributed by atoms with E-state index in [1.54, 1.807) is 0 Å². The van der Waals surface area contributed by atoms with Gasteiger partial charge in [0.1, 0.15) is 5.69 Å². The van der Waals surface area contributed by atoms with Crippen LogP contribution >= 0.6 is 0 Å². The largest absolute Gasteiger partial charge is 0.356 e. The zero-order valence-corrected chi connectivity index (χ0v) is 14.9. The molecular weight excluding hydrogens is 326 g/mol. The number of benzene rings is 2. The van der Waals surface area contributed by atoms with E-state index >= 15 is 0 Å². The highest BCUT2D eigenvalue weighted by Gasteiger charge is 2.08. The van der Waals surface area contributed by atoms with Gasteiger partial charge in [0.25, 0.3) is 5.56 Å². The number of hydrogen-bond acceptors (Lipinski definition) is 3. The summed E-state index contributed by atoms with van der Waals surface area (Å²) in [5.41, 5.74) is 4.16. The van der Waals surface area contributed by atoms with Crippen molar-refractivity contribution in [3.8, 4) is 0 Å². The SMILES string of the molecule is Cc1cccc(CCCNC(=O)CCc2nc3ccccc3[nH]c2=O)c1. The van der Waals surface area contributed by atoms with Crippen molar-refractivity contribution >= 4 is 16.9 Å². The maximum atomic E-state index is 12.0. The van der Waals surface area contributed by atoms with Crippen LogP contribution in [0.25, 0.3) is 11.0 Å². The number of para-hydroxylation sites is 2. The fourth-order valence-corrected chi connectivity index (χ4v) is 2.95. The molecule has 1 aromatic heterocycles. The van der Waals surface area contributed by atoms with Gasteiger partial charge in [-0.25, -0.2) is 4.98 Å². The minimum absolute atomic E-state index is 0.0522. The lowest BCUT2D eigenvalue weighted by molar-refractivity contribution is -0.121. The van der Waals surface area contributed by atoms with Crippen molar-refractivity contribution in [3.05, 3.63) is 75.7 Å². The number of nitrogens with one attached hydrogen (secondary N) is 2. The van der Waals surface area contributed by atoms with Crippen molar-refractivity contribution in [2.45, 2.75) is 32.6 Å². The summed E-state index contributed by atoms with van der Waals surface area (Å²) in [6, 6.07) is 15.8. The second-order valence-corrected chi connectivity index (χ2v) is 6.47. The van der Waals surface area contributed by atoms with Crippen LogP contribution in [0.15, 0.2) is 53.3 Å². The third-order valence-electron chi connectivity index (χ3n) is 4.31. The first-order chi connectivity index (χ1) is 12.6. The fourth-order valence-electron chi connectivity index (χ4n) is 2.95. The highest BCUT2D eigenvalue weighted by Crippen LogP contribution is 2.07. The zero-order chi connectivity index (χ0) is 18.4. The standard InChI is InChI=1S/C21H23N3O2/c1-15-6-4-7-16(14-15)8-5-13-22-20(25)12-11-19-21(26)24-18-10-3-2-9-17(18)23-19/h2-4,6-7,9-10,14H,5,8,11-13H2,1H3,(H,22,25)(H,24,26). The first-order valence-electron chi connectivity index (χ1n) is 8.92. The molecule has 0 saturated heterocycles. The first kappa shape index (κ1) is 17.9. The van der Waals surface area contributed by atoms with E-state index in [4.69, 9.17) is 0 Å². The molecule has 0 fully saturated rings. The quantitative estimate of drug-likeness (QED) is 0.644. The molecule has 0 radical (unpaired) electrons. The van der Waals surface area contributed by atoms with Gasteiger partial charge in [-0.05, 0) is 37.5 Å². The molecule has 2 aromatic carbocycles. The molecule has 0 unspecified atom stereocenters. The molecular formula is C21H23N3O2. The molecule has 0 aliphatic heterocycles. The van der Waals surface area contributed by atoms with Crippen LogP contribution in [-0.2, 0) is 17.6 Å². The van der Waals surface area contributed by atoms with Gasteiger partial charge in [0.2, 0.25) is 5.91 Å². The van der Waals surface area contributed by atoms with Crippen LogP contribution in [0.5, 0.6) is 0 Å². The predicted octanol–water partition coefficient (Wildman–Crippen LogP) is 2.91. The summed E-state index contributed by atoms with van der Waals surface area (Å²) in [5.74, 6) is -0.0522. The van der Waals surface area contributed by atoms with E-state index < -0.39 is 0 Å². The number of fused-ring (bicyclic) bond motifs is 1. The summed E-state index contributed by atoms with van der Waals surface area (Å²) in [6.45, 7) is 2.71. The first-order valence-corrected chi connectivity index (χ1v) is 8.92. The van der Waals surface area contributed by atoms with Crippen LogP contribution < -0.4 is 10.9 Å². The number of H-pyrrole nitrogens is 1. The number of rotatable bonds is 7. The fraction of sp³-hybridized carbons (Fsp3) is 0.286. The molecule has 0 aliphatic carbocycles. The van der Waals surface area contributed by atoms with Crippen LogP contribution in [-0.4, -0.2) is 22.4 Å². The molecule has 0 atom stereocenters. The Morgan fingerprint density at radius 1 is 1.12 bits per heavy atom. The molecule has 5 nitrogen and oxygen atoms in total. The van der Waals surface area contributed by atoms with Gasteiger partial charge >= 0.3 is 0 Å². The van der Waals surface area contributed by atoms with Gasteiger partial charge in [-0.1, -0.05) is 42.0 Å². The Bertz CT molecular complexity index is 963. The van der Waals surface area contributed by atoms with E-state index in [9.17, 15) is 9.59 Å². The summed E-state index contributed by atoms with van der Waals surface area (Å²) in [7, 11) is 0. The van der Waals surface area contributed by atoms with Gasteiger partial charge in [-0.15, -0.1) is 0 Å². The van der Waals surface area contributed by atoms with E-state index in [2.05, 4.69) is 46.5 Å². The van der Waals surface area contributed by atoms with E-state index in [-0.39, 0.29) is 17.9 Å². The molecule has 5 heteroatoms. The molecule has 1 amide bonds. The van der Waals surface area contributed by atoms with Crippen molar-refractivity contribution in [1.82, 2.24) is 15.3 Å². The average Bonchev–Trinajstić information content (AvgIpc) is 2.63. The Balaban J connectivity index is 1.45. The van der Waals surface area contributed by atoms with Crippen LogP contribution in [0, 0.1) is 6.92 Å². The number of amides is 1. The van der Waals surface area contributed by atoms with Crippen LogP contribution in [0.4, 0.5) is 0 Å². The smallest absolute Gasteiger partial charge is 0.270 e. The number of carbonyl (C=O) groups excluding carboxylic acids is 1.